The summed E-state index contributed by atoms with van der Waals surface area (Å²) in [6.07, 6.45) is 3.30. The molecule has 1 aromatic rings. The number of hydrogen-bond donors (Lipinski definition) is 0. The smallest absolute Gasteiger partial charge is 0.180 e. The maximum atomic E-state index is 11.3. The van der Waals surface area contributed by atoms with Gasteiger partial charge in [0.05, 0.1) is 0 Å². The minimum absolute atomic E-state index is 0.0935. The van der Waals surface area contributed by atoms with E-state index in [-0.39, 0.29) is 5.78 Å². The molecule has 0 saturated carbocycles. The highest BCUT2D eigenvalue weighted by Crippen LogP contribution is 2.17. The number of carbonyl (C=O) groups excluding carboxylic acids is 1. The number of rotatable bonds is 7. The van der Waals surface area contributed by atoms with E-state index < -0.39 is 0 Å². The zero-order valence-electron chi connectivity index (χ0n) is 9.73. The number of thioether (sulfide) groups is 1. The highest BCUT2D eigenvalue weighted by molar-refractivity contribution is 7.99. The molecule has 1 aromatic heterocycles. The van der Waals surface area contributed by atoms with Gasteiger partial charge in [-0.3, -0.25) is 9.78 Å². The molecule has 0 atom stereocenters. The van der Waals surface area contributed by atoms with Crippen molar-refractivity contribution in [2.24, 2.45) is 0 Å². The van der Waals surface area contributed by atoms with Gasteiger partial charge in [-0.15, -0.1) is 11.8 Å². The third-order valence-electron chi connectivity index (χ3n) is 2.10. The van der Waals surface area contributed by atoms with Gasteiger partial charge in [-0.2, -0.15) is 0 Å². The van der Waals surface area contributed by atoms with Gasteiger partial charge in [0.25, 0.3) is 0 Å². The third kappa shape index (κ3) is 4.33. The number of hydrogen-bond acceptors (Lipinski definition) is 4. The van der Waals surface area contributed by atoms with Crippen molar-refractivity contribution >= 4 is 17.5 Å². The van der Waals surface area contributed by atoms with Crippen LogP contribution in [0.5, 0.6) is 0 Å². The van der Waals surface area contributed by atoms with Crippen LogP contribution >= 0.6 is 11.8 Å². The average Bonchev–Trinajstić information content (AvgIpc) is 2.34. The molecular formula is C12H17NO2S. The van der Waals surface area contributed by atoms with E-state index in [2.05, 4.69) is 4.98 Å². The molecule has 0 aromatic carbocycles. The number of pyridine rings is 1. The fraction of sp³-hybridized carbons (Fsp3) is 0.500. The Morgan fingerprint density at radius 1 is 1.50 bits per heavy atom. The fourth-order valence-electron chi connectivity index (χ4n) is 1.21. The van der Waals surface area contributed by atoms with Gasteiger partial charge in [-0.25, -0.2) is 0 Å². The van der Waals surface area contributed by atoms with Gasteiger partial charge in [0.1, 0.15) is 5.69 Å². The van der Waals surface area contributed by atoms with Crippen LogP contribution in [0.1, 0.15) is 30.3 Å². The van der Waals surface area contributed by atoms with Crippen LogP contribution < -0.4 is 0 Å². The zero-order chi connectivity index (χ0) is 11.8. The Morgan fingerprint density at radius 3 is 2.88 bits per heavy atom. The summed E-state index contributed by atoms with van der Waals surface area (Å²) in [6, 6.07) is 3.75. The van der Waals surface area contributed by atoms with Crippen LogP contribution in [-0.4, -0.2) is 30.2 Å². The van der Waals surface area contributed by atoms with Crippen LogP contribution in [0.15, 0.2) is 23.2 Å². The summed E-state index contributed by atoms with van der Waals surface area (Å²) < 4.78 is 4.97. The molecule has 3 nitrogen and oxygen atoms in total. The molecule has 0 saturated heterocycles. The Labute approximate surface area is 101 Å². The molecule has 0 spiro atoms. The van der Waals surface area contributed by atoms with E-state index in [1.807, 2.05) is 13.0 Å². The summed E-state index contributed by atoms with van der Waals surface area (Å²) in [6.45, 7) is 2.63. The van der Waals surface area contributed by atoms with Crippen molar-refractivity contribution in [3.05, 3.63) is 24.0 Å². The Bertz CT molecular complexity index is 324. The van der Waals surface area contributed by atoms with Crippen molar-refractivity contribution in [2.75, 3.05) is 19.5 Å². The van der Waals surface area contributed by atoms with Gasteiger partial charge >= 0.3 is 0 Å². The molecule has 0 aliphatic heterocycles. The summed E-state index contributed by atoms with van der Waals surface area (Å²) in [5.74, 6) is 1.10. The number of ether oxygens (including phenoxy) is 1. The zero-order valence-corrected chi connectivity index (χ0v) is 10.5. The third-order valence-corrected chi connectivity index (χ3v) is 3.17. The van der Waals surface area contributed by atoms with E-state index in [1.54, 1.807) is 31.1 Å². The molecule has 16 heavy (non-hydrogen) atoms. The first kappa shape index (κ1) is 13.2. The maximum absolute atomic E-state index is 11.3. The van der Waals surface area contributed by atoms with Gasteiger partial charge in [0, 0.05) is 37.0 Å². The van der Waals surface area contributed by atoms with Gasteiger partial charge in [0.2, 0.25) is 0 Å². The number of Topliss-reactive ketones (excluding diaryl/α,β-unsaturated/α-hetero) is 1. The topological polar surface area (TPSA) is 39.2 Å². The Morgan fingerprint density at radius 2 is 2.31 bits per heavy atom. The predicted molar refractivity (Wildman–Crippen MR) is 66.1 cm³/mol. The van der Waals surface area contributed by atoms with Crippen molar-refractivity contribution in [3.63, 3.8) is 0 Å². The molecule has 88 valence electrons. The largest absolute Gasteiger partial charge is 0.385 e. The maximum Gasteiger partial charge on any atom is 0.180 e. The molecule has 0 aliphatic rings. The van der Waals surface area contributed by atoms with Crippen LogP contribution in [0.2, 0.25) is 0 Å². The molecular weight excluding hydrogens is 222 g/mol. The second-order valence-electron chi connectivity index (χ2n) is 3.35. The van der Waals surface area contributed by atoms with E-state index in [0.717, 1.165) is 23.7 Å². The number of aromatic nitrogens is 1. The summed E-state index contributed by atoms with van der Waals surface area (Å²) in [5.41, 5.74) is 0.559. The minimum Gasteiger partial charge on any atom is -0.385 e. The van der Waals surface area contributed by atoms with Gasteiger partial charge in [0.15, 0.2) is 5.78 Å². The van der Waals surface area contributed by atoms with Crippen LogP contribution in [0.3, 0.4) is 0 Å². The number of ketones is 1. The first-order valence-electron chi connectivity index (χ1n) is 5.39. The standard InChI is InChI=1S/C12H17NO2S/c1-3-12(14)11-6-5-10(9-13-11)16-8-4-7-15-2/h5-6,9H,3-4,7-8H2,1-2H3. The summed E-state index contributed by atoms with van der Waals surface area (Å²) in [7, 11) is 1.71. The van der Waals surface area contributed by atoms with E-state index in [4.69, 9.17) is 4.74 Å². The monoisotopic (exact) mass is 239 g/mol. The molecule has 0 aliphatic carbocycles. The second-order valence-corrected chi connectivity index (χ2v) is 4.52. The normalized spacial score (nSPS) is 10.4. The van der Waals surface area contributed by atoms with E-state index in [9.17, 15) is 4.79 Å². The number of nitrogens with zero attached hydrogens (tertiary/aromatic N) is 1. The molecule has 0 unspecified atom stereocenters. The average molecular weight is 239 g/mol. The molecule has 0 N–H and O–H groups in total. The predicted octanol–water partition coefficient (Wildman–Crippen LogP) is 2.80. The molecule has 1 rings (SSSR count). The van der Waals surface area contributed by atoms with Gasteiger partial charge < -0.3 is 4.74 Å². The molecule has 0 bridgehead atoms. The van der Waals surface area contributed by atoms with Crippen LogP contribution in [0, 0.1) is 0 Å². The quantitative estimate of drug-likeness (QED) is 0.417. The van der Waals surface area contributed by atoms with E-state index in [0.29, 0.717) is 12.1 Å². The van der Waals surface area contributed by atoms with Crippen molar-refractivity contribution in [3.8, 4) is 0 Å². The number of methoxy groups -OCH3 is 1. The molecule has 0 amide bonds. The summed E-state index contributed by atoms with van der Waals surface area (Å²) in [4.78, 5) is 16.6. The molecule has 1 heterocycles. The lowest BCUT2D eigenvalue weighted by Crippen LogP contribution is -1.99. The van der Waals surface area contributed by atoms with Gasteiger partial charge in [-0.05, 0) is 18.6 Å². The van der Waals surface area contributed by atoms with Crippen LogP contribution in [0.25, 0.3) is 0 Å². The Balaban J connectivity index is 2.42. The highest BCUT2D eigenvalue weighted by Gasteiger charge is 2.03. The van der Waals surface area contributed by atoms with E-state index >= 15 is 0 Å². The Hall–Kier alpha value is -0.870. The lowest BCUT2D eigenvalue weighted by Gasteiger charge is -2.02. The van der Waals surface area contributed by atoms with Crippen molar-refractivity contribution in [1.82, 2.24) is 4.98 Å². The second kappa shape index (κ2) is 7.41. The fourth-order valence-corrected chi connectivity index (χ4v) is 1.99. The highest BCUT2D eigenvalue weighted by atomic mass is 32.2. The number of carbonyl (C=O) groups is 1. The summed E-state index contributed by atoms with van der Waals surface area (Å²) >= 11 is 1.73. The van der Waals surface area contributed by atoms with Crippen LogP contribution in [0.4, 0.5) is 0 Å². The first-order valence-corrected chi connectivity index (χ1v) is 6.37. The first-order chi connectivity index (χ1) is 7.77. The van der Waals surface area contributed by atoms with Crippen molar-refractivity contribution in [1.29, 1.82) is 0 Å². The van der Waals surface area contributed by atoms with E-state index in [1.165, 1.54) is 0 Å². The molecule has 4 heteroatoms. The SMILES string of the molecule is CCC(=O)c1ccc(SCCCOC)cn1. The van der Waals surface area contributed by atoms with Gasteiger partial charge in [-0.1, -0.05) is 6.92 Å². The minimum atomic E-state index is 0.0935. The molecule has 0 radical (unpaired) electrons. The van der Waals surface area contributed by atoms with Crippen LogP contribution in [-0.2, 0) is 4.74 Å². The lowest BCUT2D eigenvalue weighted by atomic mass is 10.2. The lowest BCUT2D eigenvalue weighted by molar-refractivity contribution is 0.0983. The van der Waals surface area contributed by atoms with Crippen molar-refractivity contribution in [2.45, 2.75) is 24.7 Å². The summed E-state index contributed by atoms with van der Waals surface area (Å²) in [5, 5.41) is 0. The van der Waals surface area contributed by atoms with Crippen molar-refractivity contribution < 1.29 is 9.53 Å². The Kier molecular flexibility index (Phi) is 6.11. The molecule has 0 fully saturated rings.